The fraction of sp³-hybridized carbons (Fsp3) is 0.529. The second kappa shape index (κ2) is 13.7. The fourth-order valence-electron chi connectivity index (χ4n) is 2.23. The summed E-state index contributed by atoms with van der Waals surface area (Å²) in [7, 11) is 1.47. The Morgan fingerprint density at radius 1 is 1.44 bits per heavy atom. The highest BCUT2D eigenvalue weighted by Gasteiger charge is 2.19. The first-order valence-electron chi connectivity index (χ1n) is 8.93. The quantitative estimate of drug-likeness (QED) is 0.486. The maximum atomic E-state index is 11.8. The van der Waals surface area contributed by atoms with Gasteiger partial charge in [0.15, 0.2) is 11.5 Å². The lowest BCUT2D eigenvalue weighted by Gasteiger charge is -2.17. The van der Waals surface area contributed by atoms with Crippen LogP contribution < -0.4 is 10.2 Å². The van der Waals surface area contributed by atoms with Gasteiger partial charge in [0.2, 0.25) is 0 Å². The molecule has 0 atom stereocenters. The zero-order chi connectivity index (χ0) is 20.1. The van der Waals surface area contributed by atoms with Crippen LogP contribution >= 0.6 is 30.3 Å². The molecule has 0 aliphatic carbocycles. The Balaban J connectivity index is 0.000000441. The van der Waals surface area contributed by atoms with E-state index in [9.17, 15) is 9.59 Å². The van der Waals surface area contributed by atoms with Crippen molar-refractivity contribution in [2.75, 3.05) is 31.1 Å². The van der Waals surface area contributed by atoms with Gasteiger partial charge in [-0.05, 0) is 38.9 Å². The van der Waals surface area contributed by atoms with Crippen molar-refractivity contribution in [1.82, 2.24) is 19.3 Å². The number of anilines is 1. The number of amides is 1. The molecule has 0 aromatic carbocycles. The van der Waals surface area contributed by atoms with Gasteiger partial charge in [-0.1, -0.05) is 13.8 Å². The average molecular weight is 507 g/mol. The fourth-order valence-corrected chi connectivity index (χ4v) is 3.49. The van der Waals surface area contributed by atoms with Crippen LogP contribution in [-0.4, -0.2) is 52.6 Å². The third-order valence-electron chi connectivity index (χ3n) is 3.40. The maximum absolute atomic E-state index is 11.8. The lowest BCUT2D eigenvalue weighted by atomic mass is 10.4. The van der Waals surface area contributed by atoms with Crippen molar-refractivity contribution < 1.29 is 14.3 Å². The molecule has 0 radical (unpaired) electrons. The Kier molecular flexibility index (Phi) is 12.0. The van der Waals surface area contributed by atoms with Crippen LogP contribution in [0.2, 0.25) is 0 Å². The topological polar surface area (TPSA) is 89.4 Å². The van der Waals surface area contributed by atoms with Crippen molar-refractivity contribution in [3.63, 3.8) is 0 Å². The summed E-state index contributed by atoms with van der Waals surface area (Å²) in [5, 5.41) is 3.22. The molecular formula is C17H26IN5O3S. The van der Waals surface area contributed by atoms with E-state index in [1.54, 1.807) is 13.0 Å². The van der Waals surface area contributed by atoms with Crippen LogP contribution in [-0.2, 0) is 9.53 Å². The van der Waals surface area contributed by atoms with Gasteiger partial charge in [0.1, 0.15) is 11.8 Å². The SMILES string of the molecule is C1CCNC1.CC.CCOC(=O)N(CC=O)c1cnc2c(ccn2SI)n1. The van der Waals surface area contributed by atoms with Gasteiger partial charge in [0.05, 0.1) is 19.3 Å². The number of rotatable bonds is 5. The number of halogens is 1. The van der Waals surface area contributed by atoms with E-state index in [0.29, 0.717) is 23.3 Å². The first kappa shape index (κ1) is 23.6. The highest BCUT2D eigenvalue weighted by atomic mass is 127. The summed E-state index contributed by atoms with van der Waals surface area (Å²) in [6, 6.07) is 1.79. The normalized spacial score (nSPS) is 12.4. The van der Waals surface area contributed by atoms with E-state index in [0.717, 1.165) is 4.90 Å². The summed E-state index contributed by atoms with van der Waals surface area (Å²) >= 11 is 2.14. The molecule has 27 heavy (non-hydrogen) atoms. The van der Waals surface area contributed by atoms with Crippen LogP contribution in [0.4, 0.5) is 10.6 Å². The van der Waals surface area contributed by atoms with Crippen LogP contribution in [0.1, 0.15) is 33.6 Å². The molecule has 1 N–H and O–H groups in total. The third-order valence-corrected chi connectivity index (χ3v) is 5.11. The molecule has 1 fully saturated rings. The summed E-state index contributed by atoms with van der Waals surface area (Å²) in [5.41, 5.74) is 1.34. The Morgan fingerprint density at radius 3 is 2.67 bits per heavy atom. The molecule has 1 amide bonds. The van der Waals surface area contributed by atoms with E-state index in [2.05, 4.69) is 36.5 Å². The molecule has 1 saturated heterocycles. The molecule has 10 heteroatoms. The largest absolute Gasteiger partial charge is 0.449 e. The van der Waals surface area contributed by atoms with Gasteiger partial charge in [0.25, 0.3) is 0 Å². The molecule has 1 aliphatic rings. The van der Waals surface area contributed by atoms with Crippen molar-refractivity contribution in [2.24, 2.45) is 0 Å². The van der Waals surface area contributed by atoms with Gasteiger partial charge in [-0.3, -0.25) is 8.87 Å². The molecule has 3 heterocycles. The number of nitrogens with one attached hydrogen (secondary N) is 1. The Morgan fingerprint density at radius 2 is 2.15 bits per heavy atom. The molecule has 0 unspecified atom stereocenters. The number of nitrogens with zero attached hydrogens (tertiary/aromatic N) is 4. The molecule has 2 aromatic heterocycles. The number of fused-ring (bicyclic) bond motifs is 1. The summed E-state index contributed by atoms with van der Waals surface area (Å²) in [6.07, 6.45) is 6.07. The van der Waals surface area contributed by atoms with Gasteiger partial charge in [-0.25, -0.2) is 14.8 Å². The maximum Gasteiger partial charge on any atom is 0.415 e. The zero-order valence-electron chi connectivity index (χ0n) is 15.9. The van der Waals surface area contributed by atoms with Crippen molar-refractivity contribution in [1.29, 1.82) is 0 Å². The molecular weight excluding hydrogens is 481 g/mol. The third kappa shape index (κ3) is 7.26. The van der Waals surface area contributed by atoms with E-state index in [1.807, 2.05) is 24.0 Å². The van der Waals surface area contributed by atoms with E-state index in [4.69, 9.17) is 4.74 Å². The molecule has 0 bridgehead atoms. The van der Waals surface area contributed by atoms with Crippen LogP contribution in [0.3, 0.4) is 0 Å². The molecule has 2 aromatic rings. The number of aromatic nitrogens is 3. The Hall–Kier alpha value is -1.40. The highest BCUT2D eigenvalue weighted by Crippen LogP contribution is 2.23. The average Bonchev–Trinajstić information content (AvgIpc) is 3.40. The van der Waals surface area contributed by atoms with Crippen molar-refractivity contribution in [2.45, 2.75) is 33.6 Å². The molecule has 3 rings (SSSR count). The second-order valence-corrected chi connectivity index (χ2v) is 6.79. The smallest absolute Gasteiger partial charge is 0.415 e. The van der Waals surface area contributed by atoms with Gasteiger partial charge in [-0.15, -0.1) is 0 Å². The van der Waals surface area contributed by atoms with E-state index in [1.165, 1.54) is 41.2 Å². The standard InChI is InChI=1S/C11H11IN4O3S.C4H9N.C2H6/c1-2-19-11(18)15(5-6-17)9-7-13-10-8(14-9)3-4-16(10)20-12;1-2-4-5-3-1;1-2/h3-4,6-7H,2,5H2,1H3;5H,1-4H2;1-2H3. The number of hydrogen-bond acceptors (Lipinski definition) is 7. The van der Waals surface area contributed by atoms with Crippen molar-refractivity contribution in [3.8, 4) is 0 Å². The number of carbonyl (C=O) groups excluding carboxylic acids is 2. The molecule has 0 saturated carbocycles. The Labute approximate surface area is 176 Å². The minimum atomic E-state index is -0.615. The van der Waals surface area contributed by atoms with Gasteiger partial charge < -0.3 is 14.8 Å². The van der Waals surface area contributed by atoms with E-state index in [-0.39, 0.29) is 13.2 Å². The predicted molar refractivity (Wildman–Crippen MR) is 118 cm³/mol. The first-order chi connectivity index (χ1) is 13.2. The van der Waals surface area contributed by atoms with Gasteiger partial charge in [0, 0.05) is 36.5 Å². The van der Waals surface area contributed by atoms with Crippen LogP contribution in [0.15, 0.2) is 18.5 Å². The van der Waals surface area contributed by atoms with Crippen LogP contribution in [0, 0.1) is 0 Å². The number of aldehydes is 1. The predicted octanol–water partition coefficient (Wildman–Crippen LogP) is 3.84. The summed E-state index contributed by atoms with van der Waals surface area (Å²) in [4.78, 5) is 32.3. The monoisotopic (exact) mass is 507 g/mol. The molecule has 8 nitrogen and oxygen atoms in total. The van der Waals surface area contributed by atoms with Crippen molar-refractivity contribution >= 4 is 59.7 Å². The zero-order valence-corrected chi connectivity index (χ0v) is 18.8. The summed E-state index contributed by atoms with van der Waals surface area (Å²) in [6.45, 7) is 8.30. The summed E-state index contributed by atoms with van der Waals surface area (Å²) in [5.74, 6) is 0.291. The first-order valence-corrected chi connectivity index (χ1v) is 12.2. The van der Waals surface area contributed by atoms with Gasteiger partial charge in [-0.2, -0.15) is 0 Å². The minimum absolute atomic E-state index is 0.124. The minimum Gasteiger partial charge on any atom is -0.449 e. The van der Waals surface area contributed by atoms with Gasteiger partial charge >= 0.3 is 6.09 Å². The Bertz CT molecular complexity index is 701. The van der Waals surface area contributed by atoms with E-state index < -0.39 is 6.09 Å². The summed E-state index contributed by atoms with van der Waals surface area (Å²) < 4.78 is 6.75. The van der Waals surface area contributed by atoms with E-state index >= 15 is 0 Å². The van der Waals surface area contributed by atoms with Crippen LogP contribution in [0.5, 0.6) is 0 Å². The molecule has 1 aliphatic heterocycles. The highest BCUT2D eigenvalue weighted by molar-refractivity contribution is 14.2. The molecule has 0 spiro atoms. The lowest BCUT2D eigenvalue weighted by molar-refractivity contribution is -0.106. The van der Waals surface area contributed by atoms with Crippen molar-refractivity contribution in [3.05, 3.63) is 18.5 Å². The second-order valence-electron chi connectivity index (χ2n) is 5.08. The number of ether oxygens (including phenoxy) is 1. The number of carbonyl (C=O) groups is 2. The molecule has 150 valence electrons. The van der Waals surface area contributed by atoms with Crippen LogP contribution in [0.25, 0.3) is 11.2 Å². The lowest BCUT2D eigenvalue weighted by Crippen LogP contribution is -2.34. The number of hydrogen-bond donors (Lipinski definition) is 1.